The van der Waals surface area contributed by atoms with Gasteiger partial charge in [0.2, 0.25) is 0 Å². The first-order valence-corrected chi connectivity index (χ1v) is 6.42. The monoisotopic (exact) mass is 233 g/mol. The topological polar surface area (TPSA) is 35.2 Å². The number of benzene rings is 1. The lowest BCUT2D eigenvalue weighted by Crippen LogP contribution is -2.26. The predicted molar refractivity (Wildman–Crippen MR) is 71.5 cm³/mol. The number of rotatable bonds is 3. The van der Waals surface area contributed by atoms with Gasteiger partial charge in [-0.1, -0.05) is 19.9 Å². The van der Waals surface area contributed by atoms with Gasteiger partial charge in [0.05, 0.1) is 7.11 Å². The fraction of sp³-hybridized carbons (Fsp3) is 0.600. The molecule has 0 saturated heterocycles. The van der Waals surface area contributed by atoms with Crippen LogP contribution in [0.5, 0.6) is 5.75 Å². The van der Waals surface area contributed by atoms with E-state index in [0.29, 0.717) is 11.3 Å². The zero-order valence-corrected chi connectivity index (χ0v) is 11.1. The summed E-state index contributed by atoms with van der Waals surface area (Å²) in [6, 6.07) is 6.49. The Morgan fingerprint density at radius 3 is 2.82 bits per heavy atom. The molecule has 0 aromatic heterocycles. The van der Waals surface area contributed by atoms with Crippen LogP contribution >= 0.6 is 0 Å². The molecule has 94 valence electrons. The van der Waals surface area contributed by atoms with Gasteiger partial charge in [-0.25, -0.2) is 0 Å². The Hall–Kier alpha value is -1.02. The molecule has 1 aromatic carbocycles. The maximum absolute atomic E-state index is 5.74. The van der Waals surface area contributed by atoms with Gasteiger partial charge in [-0.05, 0) is 60.4 Å². The second-order valence-electron chi connectivity index (χ2n) is 5.88. The van der Waals surface area contributed by atoms with Crippen LogP contribution in [0.2, 0.25) is 0 Å². The smallest absolute Gasteiger partial charge is 0.119 e. The van der Waals surface area contributed by atoms with Gasteiger partial charge in [0.1, 0.15) is 5.75 Å². The molecule has 1 aromatic rings. The SMILES string of the molecule is COc1ccc2c(c1)C(CCN)CC(C)(C)C2. The van der Waals surface area contributed by atoms with E-state index in [4.69, 9.17) is 10.5 Å². The van der Waals surface area contributed by atoms with Crippen LogP contribution in [0.1, 0.15) is 43.7 Å². The second kappa shape index (κ2) is 4.69. The first-order valence-electron chi connectivity index (χ1n) is 6.42. The van der Waals surface area contributed by atoms with E-state index in [1.54, 1.807) is 7.11 Å². The van der Waals surface area contributed by atoms with Crippen molar-refractivity contribution in [3.05, 3.63) is 29.3 Å². The lowest BCUT2D eigenvalue weighted by Gasteiger charge is -2.37. The largest absolute Gasteiger partial charge is 0.497 e. The summed E-state index contributed by atoms with van der Waals surface area (Å²) in [7, 11) is 1.73. The minimum absolute atomic E-state index is 0.390. The Balaban J connectivity index is 2.38. The molecular weight excluding hydrogens is 210 g/mol. The first-order chi connectivity index (χ1) is 8.05. The Bertz CT molecular complexity index is 398. The molecule has 0 saturated carbocycles. The van der Waals surface area contributed by atoms with Crippen molar-refractivity contribution >= 4 is 0 Å². The Labute approximate surface area is 104 Å². The molecule has 0 radical (unpaired) electrons. The summed E-state index contributed by atoms with van der Waals surface area (Å²) in [6.07, 6.45) is 3.46. The summed E-state index contributed by atoms with van der Waals surface area (Å²) in [5, 5.41) is 0. The Kier molecular flexibility index (Phi) is 3.43. The summed E-state index contributed by atoms with van der Waals surface area (Å²) >= 11 is 0. The molecule has 0 heterocycles. The van der Waals surface area contributed by atoms with Gasteiger partial charge in [-0.15, -0.1) is 0 Å². The highest BCUT2D eigenvalue weighted by atomic mass is 16.5. The molecule has 17 heavy (non-hydrogen) atoms. The molecule has 0 amide bonds. The number of hydrogen-bond donors (Lipinski definition) is 1. The number of methoxy groups -OCH3 is 1. The molecule has 0 spiro atoms. The van der Waals surface area contributed by atoms with Crippen LogP contribution in [-0.4, -0.2) is 13.7 Å². The van der Waals surface area contributed by atoms with Gasteiger partial charge in [0.15, 0.2) is 0 Å². The minimum Gasteiger partial charge on any atom is -0.497 e. The molecule has 2 nitrogen and oxygen atoms in total. The molecule has 0 fully saturated rings. The molecule has 2 rings (SSSR count). The highest BCUT2D eigenvalue weighted by Gasteiger charge is 2.31. The average molecular weight is 233 g/mol. The van der Waals surface area contributed by atoms with Crippen molar-refractivity contribution in [1.82, 2.24) is 0 Å². The van der Waals surface area contributed by atoms with E-state index >= 15 is 0 Å². The number of ether oxygens (including phenoxy) is 1. The molecule has 2 heteroatoms. The van der Waals surface area contributed by atoms with Gasteiger partial charge in [-0.2, -0.15) is 0 Å². The van der Waals surface area contributed by atoms with Gasteiger partial charge < -0.3 is 10.5 Å². The summed E-state index contributed by atoms with van der Waals surface area (Å²) in [5.41, 5.74) is 9.06. The van der Waals surface area contributed by atoms with Gasteiger partial charge in [-0.3, -0.25) is 0 Å². The Morgan fingerprint density at radius 1 is 1.41 bits per heavy atom. The molecule has 2 N–H and O–H groups in total. The van der Waals surface area contributed by atoms with E-state index in [-0.39, 0.29) is 0 Å². The quantitative estimate of drug-likeness (QED) is 0.870. The highest BCUT2D eigenvalue weighted by Crippen LogP contribution is 2.44. The van der Waals surface area contributed by atoms with Crippen molar-refractivity contribution in [1.29, 1.82) is 0 Å². The molecule has 1 unspecified atom stereocenters. The summed E-state index contributed by atoms with van der Waals surface area (Å²) in [6.45, 7) is 5.46. The van der Waals surface area contributed by atoms with E-state index in [0.717, 1.165) is 25.1 Å². The highest BCUT2D eigenvalue weighted by molar-refractivity contribution is 5.40. The van der Waals surface area contributed by atoms with Gasteiger partial charge >= 0.3 is 0 Å². The number of nitrogens with two attached hydrogens (primary N) is 1. The van der Waals surface area contributed by atoms with Crippen molar-refractivity contribution < 1.29 is 4.74 Å². The molecule has 0 aliphatic heterocycles. The summed E-state index contributed by atoms with van der Waals surface area (Å²) in [4.78, 5) is 0. The standard InChI is InChI=1S/C15H23NO/c1-15(2)9-11-4-5-13(17-3)8-14(11)12(10-15)6-7-16/h4-5,8,12H,6-7,9-10,16H2,1-3H3. The maximum atomic E-state index is 5.74. The van der Waals surface area contributed by atoms with Crippen molar-refractivity contribution in [2.45, 2.75) is 39.0 Å². The maximum Gasteiger partial charge on any atom is 0.119 e. The molecule has 0 bridgehead atoms. The Morgan fingerprint density at radius 2 is 2.18 bits per heavy atom. The van der Waals surface area contributed by atoms with E-state index in [1.807, 2.05) is 0 Å². The normalized spacial score (nSPS) is 22.0. The van der Waals surface area contributed by atoms with Crippen LogP contribution in [0.4, 0.5) is 0 Å². The zero-order chi connectivity index (χ0) is 12.5. The van der Waals surface area contributed by atoms with Gasteiger partial charge in [0, 0.05) is 0 Å². The molecule has 1 atom stereocenters. The fourth-order valence-electron chi connectivity index (χ4n) is 3.06. The van der Waals surface area contributed by atoms with E-state index in [2.05, 4.69) is 32.0 Å². The van der Waals surface area contributed by atoms with E-state index in [1.165, 1.54) is 17.5 Å². The third-order valence-electron chi connectivity index (χ3n) is 3.78. The molecule has 1 aliphatic rings. The number of hydrogen-bond acceptors (Lipinski definition) is 2. The third-order valence-corrected chi connectivity index (χ3v) is 3.78. The average Bonchev–Trinajstić information content (AvgIpc) is 2.27. The van der Waals surface area contributed by atoms with Crippen LogP contribution in [0.25, 0.3) is 0 Å². The van der Waals surface area contributed by atoms with Crippen molar-refractivity contribution in [2.24, 2.45) is 11.1 Å². The van der Waals surface area contributed by atoms with Crippen LogP contribution in [0.15, 0.2) is 18.2 Å². The lowest BCUT2D eigenvalue weighted by molar-refractivity contribution is 0.274. The van der Waals surface area contributed by atoms with Crippen molar-refractivity contribution in [3.8, 4) is 5.75 Å². The van der Waals surface area contributed by atoms with Crippen molar-refractivity contribution in [2.75, 3.05) is 13.7 Å². The molecule has 1 aliphatic carbocycles. The minimum atomic E-state index is 0.390. The molecular formula is C15H23NO. The summed E-state index contributed by atoms with van der Waals surface area (Å²) < 4.78 is 5.33. The van der Waals surface area contributed by atoms with Crippen LogP contribution in [0.3, 0.4) is 0 Å². The van der Waals surface area contributed by atoms with E-state index < -0.39 is 0 Å². The van der Waals surface area contributed by atoms with Crippen LogP contribution in [-0.2, 0) is 6.42 Å². The second-order valence-corrected chi connectivity index (χ2v) is 5.88. The number of fused-ring (bicyclic) bond motifs is 1. The van der Waals surface area contributed by atoms with Crippen molar-refractivity contribution in [3.63, 3.8) is 0 Å². The third kappa shape index (κ3) is 2.63. The predicted octanol–water partition coefficient (Wildman–Crippen LogP) is 3.10. The fourth-order valence-corrected chi connectivity index (χ4v) is 3.06. The van der Waals surface area contributed by atoms with Crippen LogP contribution < -0.4 is 10.5 Å². The lowest BCUT2D eigenvalue weighted by atomic mass is 9.68. The van der Waals surface area contributed by atoms with E-state index in [9.17, 15) is 0 Å². The zero-order valence-electron chi connectivity index (χ0n) is 11.1. The van der Waals surface area contributed by atoms with Crippen LogP contribution in [0, 0.1) is 5.41 Å². The summed E-state index contributed by atoms with van der Waals surface area (Å²) in [5.74, 6) is 1.55. The van der Waals surface area contributed by atoms with Gasteiger partial charge in [0.25, 0.3) is 0 Å². The first kappa shape index (κ1) is 12.4.